The van der Waals surface area contributed by atoms with E-state index in [0.717, 1.165) is 4.21 Å². The zero-order chi connectivity index (χ0) is 10.6. The number of hydroxylamine groups is 1. The molecular formula is C7H8N2O2S3. The molecule has 0 bridgehead atoms. The average molecular weight is 248 g/mol. The van der Waals surface area contributed by atoms with Crippen molar-refractivity contribution in [1.82, 2.24) is 5.48 Å². The number of thiophene rings is 1. The van der Waals surface area contributed by atoms with E-state index in [1.54, 1.807) is 17.8 Å². The number of nitrogens with two attached hydrogens (primary N) is 1. The number of rotatable bonds is 2. The maximum Gasteiger partial charge on any atom is 0.372 e. The second kappa shape index (κ2) is 5.18. The van der Waals surface area contributed by atoms with Gasteiger partial charge in [0.2, 0.25) is 0 Å². The van der Waals surface area contributed by atoms with Crippen LogP contribution >= 0.6 is 35.3 Å². The molecule has 0 aliphatic heterocycles. The maximum atomic E-state index is 11.3. The van der Waals surface area contributed by atoms with Crippen molar-refractivity contribution in [2.24, 2.45) is 5.73 Å². The molecule has 0 aromatic carbocycles. The molecule has 0 atom stereocenters. The molecule has 4 nitrogen and oxygen atoms in total. The molecule has 0 spiro atoms. The Balaban J connectivity index is 2.56. The molecule has 0 aliphatic carbocycles. The van der Waals surface area contributed by atoms with Crippen LogP contribution in [-0.2, 0) is 4.84 Å². The van der Waals surface area contributed by atoms with Crippen LogP contribution in [0.2, 0.25) is 0 Å². The zero-order valence-corrected chi connectivity index (χ0v) is 9.72. The van der Waals surface area contributed by atoms with Gasteiger partial charge in [-0.25, -0.2) is 4.79 Å². The molecule has 0 amide bonds. The average Bonchev–Trinajstić information content (AvgIpc) is 2.62. The van der Waals surface area contributed by atoms with Gasteiger partial charge in [-0.05, 0) is 30.6 Å². The van der Waals surface area contributed by atoms with Gasteiger partial charge in [0, 0.05) is 0 Å². The Morgan fingerprint density at radius 2 is 2.43 bits per heavy atom. The van der Waals surface area contributed by atoms with E-state index < -0.39 is 5.97 Å². The van der Waals surface area contributed by atoms with E-state index in [1.165, 1.54) is 11.3 Å². The summed E-state index contributed by atoms with van der Waals surface area (Å²) >= 11 is 7.41. The van der Waals surface area contributed by atoms with Gasteiger partial charge >= 0.3 is 5.97 Å². The fourth-order valence-corrected chi connectivity index (χ4v) is 2.15. The van der Waals surface area contributed by atoms with Crippen molar-refractivity contribution in [3.05, 3.63) is 17.0 Å². The molecule has 0 radical (unpaired) electrons. The molecule has 0 fully saturated rings. The second-order valence-electron chi connectivity index (χ2n) is 2.18. The van der Waals surface area contributed by atoms with Gasteiger partial charge in [0.15, 0.2) is 5.11 Å². The van der Waals surface area contributed by atoms with Crippen LogP contribution in [-0.4, -0.2) is 17.3 Å². The van der Waals surface area contributed by atoms with Crippen molar-refractivity contribution in [1.29, 1.82) is 0 Å². The van der Waals surface area contributed by atoms with Crippen molar-refractivity contribution in [3.63, 3.8) is 0 Å². The molecule has 0 saturated heterocycles. The summed E-state index contributed by atoms with van der Waals surface area (Å²) in [4.78, 5) is 16.4. The molecule has 3 N–H and O–H groups in total. The molecule has 1 aromatic heterocycles. The summed E-state index contributed by atoms with van der Waals surface area (Å²) in [6.45, 7) is 0. The van der Waals surface area contributed by atoms with Crippen molar-refractivity contribution in [2.45, 2.75) is 4.21 Å². The highest BCUT2D eigenvalue weighted by molar-refractivity contribution is 8.00. The van der Waals surface area contributed by atoms with Crippen LogP contribution in [0, 0.1) is 0 Å². The van der Waals surface area contributed by atoms with Gasteiger partial charge < -0.3 is 10.6 Å². The molecule has 0 aliphatic rings. The Labute approximate surface area is 94.8 Å². The predicted molar refractivity (Wildman–Crippen MR) is 61.4 cm³/mol. The van der Waals surface area contributed by atoms with E-state index in [0.29, 0.717) is 4.88 Å². The molecular weight excluding hydrogens is 240 g/mol. The van der Waals surface area contributed by atoms with Crippen LogP contribution < -0.4 is 11.2 Å². The van der Waals surface area contributed by atoms with Crippen molar-refractivity contribution in [3.8, 4) is 0 Å². The first-order valence-electron chi connectivity index (χ1n) is 3.54. The van der Waals surface area contributed by atoms with Crippen LogP contribution in [0.5, 0.6) is 0 Å². The Bertz CT molecular complexity index is 350. The van der Waals surface area contributed by atoms with Crippen molar-refractivity contribution < 1.29 is 9.63 Å². The van der Waals surface area contributed by atoms with Crippen molar-refractivity contribution >= 4 is 46.4 Å². The molecule has 7 heteroatoms. The van der Waals surface area contributed by atoms with E-state index in [4.69, 9.17) is 5.73 Å². The van der Waals surface area contributed by atoms with Gasteiger partial charge in [-0.15, -0.1) is 23.1 Å². The smallest absolute Gasteiger partial charge is 0.372 e. The summed E-state index contributed by atoms with van der Waals surface area (Å²) in [6.07, 6.45) is 1.94. The van der Waals surface area contributed by atoms with Gasteiger partial charge in [-0.1, -0.05) is 0 Å². The standard InChI is InChI=1S/C7H8N2O2S3/c1-13-5-3-2-4(14-5)6(10)11-9-7(8)12/h2-3H,1H3,(H3,8,9,12). The maximum absolute atomic E-state index is 11.3. The number of thioether (sulfide) groups is 1. The fraction of sp³-hybridized carbons (Fsp3) is 0.143. The summed E-state index contributed by atoms with van der Waals surface area (Å²) in [5.74, 6) is -0.483. The van der Waals surface area contributed by atoms with E-state index >= 15 is 0 Å². The molecule has 0 unspecified atom stereocenters. The minimum absolute atomic E-state index is 0.0694. The van der Waals surface area contributed by atoms with Crippen LogP contribution in [0.1, 0.15) is 9.67 Å². The largest absolute Gasteiger partial charge is 0.374 e. The highest BCUT2D eigenvalue weighted by Gasteiger charge is 2.10. The van der Waals surface area contributed by atoms with E-state index in [-0.39, 0.29) is 5.11 Å². The SMILES string of the molecule is CSc1ccc(C(=O)ONC(N)=S)s1. The number of carbonyl (C=O) groups is 1. The topological polar surface area (TPSA) is 64.3 Å². The number of hydrogen-bond donors (Lipinski definition) is 2. The monoisotopic (exact) mass is 248 g/mol. The Kier molecular flexibility index (Phi) is 4.18. The normalized spacial score (nSPS) is 9.50. The third-order valence-electron chi connectivity index (χ3n) is 1.23. The lowest BCUT2D eigenvalue weighted by atomic mass is 10.5. The molecule has 1 aromatic rings. The minimum atomic E-state index is -0.483. The van der Waals surface area contributed by atoms with E-state index in [2.05, 4.69) is 22.5 Å². The Hall–Kier alpha value is -0.790. The summed E-state index contributed by atoms with van der Waals surface area (Å²) in [5, 5.41) is -0.0694. The molecule has 14 heavy (non-hydrogen) atoms. The second-order valence-corrected chi connectivity index (χ2v) is 4.81. The molecule has 0 saturated carbocycles. The first-order chi connectivity index (χ1) is 6.63. The quantitative estimate of drug-likeness (QED) is 0.468. The number of hydrogen-bond acceptors (Lipinski definition) is 5. The minimum Gasteiger partial charge on any atom is -0.374 e. The summed E-state index contributed by atoms with van der Waals surface area (Å²) in [6, 6.07) is 3.55. The summed E-state index contributed by atoms with van der Waals surface area (Å²) in [7, 11) is 0. The number of thiocarbonyl (C=S) groups is 1. The number of carbonyl (C=O) groups excluding carboxylic acids is 1. The van der Waals surface area contributed by atoms with E-state index in [9.17, 15) is 4.79 Å². The highest BCUT2D eigenvalue weighted by Crippen LogP contribution is 2.25. The van der Waals surface area contributed by atoms with Gasteiger partial charge in [0.1, 0.15) is 4.88 Å². The Morgan fingerprint density at radius 3 is 2.93 bits per heavy atom. The van der Waals surface area contributed by atoms with Crippen LogP contribution in [0.15, 0.2) is 16.3 Å². The predicted octanol–water partition coefficient (Wildman–Crippen LogP) is 1.38. The van der Waals surface area contributed by atoms with Gasteiger partial charge in [-0.3, -0.25) is 0 Å². The third-order valence-corrected chi connectivity index (χ3v) is 3.46. The number of nitrogens with one attached hydrogen (secondary N) is 1. The molecule has 1 rings (SSSR count). The lowest BCUT2D eigenvalue weighted by Crippen LogP contribution is -2.31. The third kappa shape index (κ3) is 3.17. The van der Waals surface area contributed by atoms with Gasteiger partial charge in [-0.2, -0.15) is 5.48 Å². The van der Waals surface area contributed by atoms with Crippen LogP contribution in [0.4, 0.5) is 0 Å². The highest BCUT2D eigenvalue weighted by atomic mass is 32.2. The van der Waals surface area contributed by atoms with Crippen molar-refractivity contribution in [2.75, 3.05) is 6.26 Å². The summed E-state index contributed by atoms with van der Waals surface area (Å²) < 4.78 is 1.05. The van der Waals surface area contributed by atoms with E-state index in [1.807, 2.05) is 12.3 Å². The van der Waals surface area contributed by atoms with Gasteiger partial charge in [0.25, 0.3) is 0 Å². The molecule has 76 valence electrons. The first-order valence-corrected chi connectivity index (χ1v) is 5.99. The van der Waals surface area contributed by atoms with Crippen LogP contribution in [0.3, 0.4) is 0 Å². The van der Waals surface area contributed by atoms with Gasteiger partial charge in [0.05, 0.1) is 4.21 Å². The Morgan fingerprint density at radius 1 is 1.71 bits per heavy atom. The van der Waals surface area contributed by atoms with Crippen LogP contribution in [0.25, 0.3) is 0 Å². The summed E-state index contributed by atoms with van der Waals surface area (Å²) in [5.41, 5.74) is 7.22. The fourth-order valence-electron chi connectivity index (χ4n) is 0.687. The molecule has 1 heterocycles. The lowest BCUT2D eigenvalue weighted by Gasteiger charge is -2.01. The lowest BCUT2D eigenvalue weighted by molar-refractivity contribution is 0.0394. The zero-order valence-electron chi connectivity index (χ0n) is 7.27. The first kappa shape index (κ1) is 11.3.